The molecule has 2 aliphatic heterocycles. The first-order valence-corrected chi connectivity index (χ1v) is 7.94. The lowest BCUT2D eigenvalue weighted by atomic mass is 9.94. The van der Waals surface area contributed by atoms with E-state index in [9.17, 15) is 4.79 Å². The van der Waals surface area contributed by atoms with Gasteiger partial charge in [-0.25, -0.2) is 0 Å². The van der Waals surface area contributed by atoms with Gasteiger partial charge in [-0.05, 0) is 57.1 Å². The number of amides is 1. The first kappa shape index (κ1) is 14.5. The molecule has 1 aromatic carbocycles. The molecule has 1 fully saturated rings. The summed E-state index contributed by atoms with van der Waals surface area (Å²) in [6, 6.07) is 6.77. The molecular weight excluding hydrogens is 262 g/mol. The summed E-state index contributed by atoms with van der Waals surface area (Å²) in [6.07, 6.45) is 3.12. The molecule has 0 aliphatic carbocycles. The van der Waals surface area contributed by atoms with E-state index in [-0.39, 0.29) is 5.91 Å². The van der Waals surface area contributed by atoms with E-state index in [1.54, 1.807) is 0 Å². The molecule has 3 rings (SSSR count). The predicted molar refractivity (Wildman–Crippen MR) is 84.5 cm³/mol. The van der Waals surface area contributed by atoms with Gasteiger partial charge in [0.15, 0.2) is 0 Å². The number of carbonyl (C=O) groups is 1. The zero-order valence-electron chi connectivity index (χ0n) is 13.1. The fraction of sp³-hybridized carbons (Fsp3) is 0.588. The summed E-state index contributed by atoms with van der Waals surface area (Å²) in [6.45, 7) is 3.62. The van der Waals surface area contributed by atoms with Gasteiger partial charge >= 0.3 is 0 Å². The molecule has 0 bridgehead atoms. The Hall–Kier alpha value is -1.39. The Morgan fingerprint density at radius 1 is 1.29 bits per heavy atom. The van der Waals surface area contributed by atoms with E-state index in [2.05, 4.69) is 30.4 Å². The molecule has 1 N–H and O–H groups in total. The molecule has 114 valence electrons. The molecule has 0 spiro atoms. The first-order valence-electron chi connectivity index (χ1n) is 7.94. The van der Waals surface area contributed by atoms with Crippen molar-refractivity contribution in [2.24, 2.45) is 0 Å². The van der Waals surface area contributed by atoms with Crippen molar-refractivity contribution in [3.05, 3.63) is 34.9 Å². The van der Waals surface area contributed by atoms with Crippen LogP contribution in [0.5, 0.6) is 0 Å². The highest BCUT2D eigenvalue weighted by Crippen LogP contribution is 2.22. The minimum absolute atomic E-state index is 0.228. The van der Waals surface area contributed by atoms with Crippen LogP contribution in [0.15, 0.2) is 18.2 Å². The average molecular weight is 287 g/mol. The van der Waals surface area contributed by atoms with E-state index in [0.29, 0.717) is 6.04 Å². The van der Waals surface area contributed by atoms with Crippen LogP contribution in [0.4, 0.5) is 0 Å². The van der Waals surface area contributed by atoms with Crippen molar-refractivity contribution in [1.82, 2.24) is 15.1 Å². The topological polar surface area (TPSA) is 35.6 Å². The monoisotopic (exact) mass is 287 g/mol. The molecule has 0 unspecified atom stereocenters. The van der Waals surface area contributed by atoms with Crippen molar-refractivity contribution in [3.63, 3.8) is 0 Å². The van der Waals surface area contributed by atoms with Gasteiger partial charge in [0.1, 0.15) is 0 Å². The zero-order valence-corrected chi connectivity index (χ0v) is 13.1. The number of carbonyl (C=O) groups excluding carboxylic acids is 1. The molecule has 1 amide bonds. The van der Waals surface area contributed by atoms with Crippen LogP contribution in [0.1, 0.15) is 34.3 Å². The van der Waals surface area contributed by atoms with Crippen LogP contribution in [0.25, 0.3) is 0 Å². The standard InChI is InChI=1S/C17H25N3O/c1-19(2)14-7-10-20(11-8-14)17(21)16-5-3-4-13-12-18-9-6-15(13)16/h3-5,14,18H,6-12H2,1-2H3. The lowest BCUT2D eigenvalue weighted by Gasteiger charge is -2.35. The lowest BCUT2D eigenvalue weighted by Crippen LogP contribution is -2.44. The summed E-state index contributed by atoms with van der Waals surface area (Å²) in [4.78, 5) is 17.2. The Balaban J connectivity index is 1.75. The smallest absolute Gasteiger partial charge is 0.254 e. The second-order valence-electron chi connectivity index (χ2n) is 6.36. The van der Waals surface area contributed by atoms with Crippen LogP contribution in [0, 0.1) is 0 Å². The third-order valence-corrected chi connectivity index (χ3v) is 4.85. The number of hydrogen-bond acceptors (Lipinski definition) is 3. The van der Waals surface area contributed by atoms with Crippen LogP contribution in [0.3, 0.4) is 0 Å². The first-order chi connectivity index (χ1) is 10.2. The summed E-state index contributed by atoms with van der Waals surface area (Å²) >= 11 is 0. The lowest BCUT2D eigenvalue weighted by molar-refractivity contribution is 0.0662. The molecule has 0 saturated carbocycles. The van der Waals surface area contributed by atoms with Crippen molar-refractivity contribution in [3.8, 4) is 0 Å². The molecule has 0 radical (unpaired) electrons. The highest BCUT2D eigenvalue weighted by Gasteiger charge is 2.26. The number of nitrogens with zero attached hydrogens (tertiary/aromatic N) is 2. The second kappa shape index (κ2) is 6.16. The number of hydrogen-bond donors (Lipinski definition) is 1. The number of piperidine rings is 1. The van der Waals surface area contributed by atoms with E-state index in [1.807, 2.05) is 17.0 Å². The maximum Gasteiger partial charge on any atom is 0.254 e. The van der Waals surface area contributed by atoms with Gasteiger partial charge in [-0.1, -0.05) is 12.1 Å². The van der Waals surface area contributed by atoms with Crippen LogP contribution in [0.2, 0.25) is 0 Å². The maximum absolute atomic E-state index is 12.8. The predicted octanol–water partition coefficient (Wildman–Crippen LogP) is 1.50. The van der Waals surface area contributed by atoms with Gasteiger partial charge in [-0.2, -0.15) is 0 Å². The molecule has 4 heteroatoms. The van der Waals surface area contributed by atoms with Crippen LogP contribution in [-0.4, -0.2) is 55.5 Å². The maximum atomic E-state index is 12.8. The normalized spacial score (nSPS) is 19.7. The SMILES string of the molecule is CN(C)C1CCN(C(=O)c2cccc3c2CCNC3)CC1. The van der Waals surface area contributed by atoms with E-state index in [0.717, 1.165) is 51.0 Å². The molecular formula is C17H25N3O. The van der Waals surface area contributed by atoms with Crippen molar-refractivity contribution in [2.75, 3.05) is 33.7 Å². The van der Waals surface area contributed by atoms with Crippen LogP contribution in [-0.2, 0) is 13.0 Å². The number of benzene rings is 1. The largest absolute Gasteiger partial charge is 0.339 e. The molecule has 0 atom stereocenters. The zero-order chi connectivity index (χ0) is 14.8. The fourth-order valence-corrected chi connectivity index (χ4v) is 3.49. The molecule has 0 aromatic heterocycles. The summed E-state index contributed by atoms with van der Waals surface area (Å²) in [7, 11) is 4.26. The number of nitrogens with one attached hydrogen (secondary N) is 1. The van der Waals surface area contributed by atoms with Gasteiger partial charge in [-0.15, -0.1) is 0 Å². The summed E-state index contributed by atoms with van der Waals surface area (Å²) < 4.78 is 0. The Kier molecular flexibility index (Phi) is 4.27. The van der Waals surface area contributed by atoms with Gasteiger partial charge in [-0.3, -0.25) is 4.79 Å². The number of likely N-dealkylation sites (tertiary alicyclic amines) is 1. The minimum Gasteiger partial charge on any atom is -0.339 e. The molecule has 21 heavy (non-hydrogen) atoms. The van der Waals surface area contributed by atoms with E-state index in [4.69, 9.17) is 0 Å². The number of rotatable bonds is 2. The Morgan fingerprint density at radius 2 is 2.05 bits per heavy atom. The van der Waals surface area contributed by atoms with Gasteiger partial charge in [0.25, 0.3) is 5.91 Å². The van der Waals surface area contributed by atoms with Crippen molar-refractivity contribution in [1.29, 1.82) is 0 Å². The summed E-state index contributed by atoms with van der Waals surface area (Å²) in [5, 5.41) is 3.37. The van der Waals surface area contributed by atoms with Crippen LogP contribution >= 0.6 is 0 Å². The minimum atomic E-state index is 0.228. The van der Waals surface area contributed by atoms with Crippen molar-refractivity contribution < 1.29 is 4.79 Å². The Morgan fingerprint density at radius 3 is 2.76 bits per heavy atom. The Bertz CT molecular complexity index is 519. The summed E-state index contributed by atoms with van der Waals surface area (Å²) in [5.74, 6) is 0.228. The Labute approximate surface area is 127 Å². The second-order valence-corrected chi connectivity index (χ2v) is 6.36. The van der Waals surface area contributed by atoms with E-state index >= 15 is 0 Å². The third-order valence-electron chi connectivity index (χ3n) is 4.85. The van der Waals surface area contributed by atoms with Gasteiger partial charge in [0, 0.05) is 31.2 Å². The van der Waals surface area contributed by atoms with E-state index in [1.165, 1.54) is 11.1 Å². The highest BCUT2D eigenvalue weighted by atomic mass is 16.2. The van der Waals surface area contributed by atoms with E-state index < -0.39 is 0 Å². The van der Waals surface area contributed by atoms with Crippen molar-refractivity contribution in [2.45, 2.75) is 31.8 Å². The highest BCUT2D eigenvalue weighted by molar-refractivity contribution is 5.96. The quantitative estimate of drug-likeness (QED) is 0.895. The molecule has 1 aromatic rings. The molecule has 2 heterocycles. The summed E-state index contributed by atoms with van der Waals surface area (Å²) in [5.41, 5.74) is 3.48. The van der Waals surface area contributed by atoms with Crippen molar-refractivity contribution >= 4 is 5.91 Å². The van der Waals surface area contributed by atoms with Gasteiger partial charge < -0.3 is 15.1 Å². The average Bonchev–Trinajstić information content (AvgIpc) is 2.53. The third kappa shape index (κ3) is 2.97. The van der Waals surface area contributed by atoms with Gasteiger partial charge in [0.2, 0.25) is 0 Å². The van der Waals surface area contributed by atoms with Gasteiger partial charge in [0.05, 0.1) is 0 Å². The fourth-order valence-electron chi connectivity index (χ4n) is 3.49. The van der Waals surface area contributed by atoms with Crippen LogP contribution < -0.4 is 5.32 Å². The molecule has 4 nitrogen and oxygen atoms in total. The molecule has 2 aliphatic rings. The molecule has 1 saturated heterocycles. The number of fused-ring (bicyclic) bond motifs is 1.